The first-order valence-electron chi connectivity index (χ1n) is 5.75. The van der Waals surface area contributed by atoms with Gasteiger partial charge < -0.3 is 14.7 Å². The maximum Gasteiger partial charge on any atom is 0.326 e. The van der Waals surface area contributed by atoms with Gasteiger partial charge >= 0.3 is 11.9 Å². The summed E-state index contributed by atoms with van der Waals surface area (Å²) >= 11 is 4.13. The quantitative estimate of drug-likeness (QED) is 0.557. The van der Waals surface area contributed by atoms with Gasteiger partial charge in [0.25, 0.3) is 0 Å². The molecule has 102 valence electrons. The van der Waals surface area contributed by atoms with Crippen LogP contribution in [0.3, 0.4) is 0 Å². The largest absolute Gasteiger partial charge is 0.480 e. The van der Waals surface area contributed by atoms with Crippen molar-refractivity contribution >= 4 is 30.5 Å². The van der Waals surface area contributed by atoms with Crippen LogP contribution in [0.15, 0.2) is 0 Å². The Kier molecular flexibility index (Phi) is 5.46. The highest BCUT2D eigenvalue weighted by molar-refractivity contribution is 7.81. The van der Waals surface area contributed by atoms with Crippen LogP contribution in [0.4, 0.5) is 0 Å². The van der Waals surface area contributed by atoms with Crippen molar-refractivity contribution in [3.63, 3.8) is 0 Å². The summed E-state index contributed by atoms with van der Waals surface area (Å²) in [6, 6.07) is -0.759. The molecule has 2 atom stereocenters. The first kappa shape index (κ1) is 14.8. The van der Waals surface area contributed by atoms with Gasteiger partial charge in [0.05, 0.1) is 12.4 Å². The zero-order valence-electron chi connectivity index (χ0n) is 10.2. The monoisotopic (exact) mass is 275 g/mol. The fourth-order valence-corrected chi connectivity index (χ4v) is 2.24. The van der Waals surface area contributed by atoms with Gasteiger partial charge in [0, 0.05) is 13.0 Å². The van der Waals surface area contributed by atoms with Gasteiger partial charge in [-0.2, -0.15) is 12.6 Å². The minimum Gasteiger partial charge on any atom is -0.480 e. The number of esters is 1. The van der Waals surface area contributed by atoms with E-state index in [1.54, 1.807) is 0 Å². The van der Waals surface area contributed by atoms with Crippen LogP contribution >= 0.6 is 12.6 Å². The molecule has 0 aromatic heterocycles. The number of amides is 1. The number of nitrogens with zero attached hydrogens (tertiary/aromatic N) is 1. The van der Waals surface area contributed by atoms with Crippen molar-refractivity contribution in [2.75, 3.05) is 13.7 Å². The van der Waals surface area contributed by atoms with Gasteiger partial charge in [-0.1, -0.05) is 0 Å². The number of hydrogen-bond donors (Lipinski definition) is 2. The summed E-state index contributed by atoms with van der Waals surface area (Å²) in [4.78, 5) is 35.2. The smallest absolute Gasteiger partial charge is 0.326 e. The first-order valence-corrected chi connectivity index (χ1v) is 6.27. The Labute approximate surface area is 111 Å². The minimum absolute atomic E-state index is 0.0992. The van der Waals surface area contributed by atoms with E-state index in [1.807, 2.05) is 0 Å². The molecular formula is C11H17NO5S. The highest BCUT2D eigenvalue weighted by Gasteiger charge is 2.36. The molecule has 1 fully saturated rings. The SMILES string of the molecule is COC(=O)CCC(S)C(=O)N1CCC[C@H]1C(=O)O. The van der Waals surface area contributed by atoms with Crippen molar-refractivity contribution in [2.45, 2.75) is 37.0 Å². The molecule has 18 heavy (non-hydrogen) atoms. The number of carbonyl (C=O) groups is 3. The molecule has 0 bridgehead atoms. The van der Waals surface area contributed by atoms with Crippen LogP contribution in [0.25, 0.3) is 0 Å². The van der Waals surface area contributed by atoms with Crippen LogP contribution in [-0.2, 0) is 19.1 Å². The van der Waals surface area contributed by atoms with Gasteiger partial charge in [0.1, 0.15) is 6.04 Å². The third kappa shape index (κ3) is 3.63. The summed E-state index contributed by atoms with van der Waals surface area (Å²) in [5.74, 6) is -1.72. The first-order chi connectivity index (χ1) is 8.47. The van der Waals surface area contributed by atoms with Crippen LogP contribution in [0.5, 0.6) is 0 Å². The van der Waals surface area contributed by atoms with Crippen LogP contribution in [-0.4, -0.2) is 52.8 Å². The van der Waals surface area contributed by atoms with Gasteiger partial charge in [-0.15, -0.1) is 0 Å². The summed E-state index contributed by atoms with van der Waals surface area (Å²) in [5.41, 5.74) is 0. The Morgan fingerprint density at radius 2 is 2.17 bits per heavy atom. The van der Waals surface area contributed by atoms with Gasteiger partial charge in [0.15, 0.2) is 0 Å². The van der Waals surface area contributed by atoms with Crippen molar-refractivity contribution in [2.24, 2.45) is 0 Å². The van der Waals surface area contributed by atoms with E-state index >= 15 is 0 Å². The second kappa shape index (κ2) is 6.63. The molecule has 0 radical (unpaired) electrons. The third-order valence-electron chi connectivity index (χ3n) is 2.96. The summed E-state index contributed by atoms with van der Waals surface area (Å²) in [6.07, 6.45) is 1.50. The number of likely N-dealkylation sites (tertiary alicyclic amines) is 1. The van der Waals surface area contributed by atoms with E-state index < -0.39 is 23.2 Å². The molecule has 1 heterocycles. The van der Waals surface area contributed by atoms with Crippen molar-refractivity contribution in [1.82, 2.24) is 4.90 Å². The average molecular weight is 275 g/mol. The lowest BCUT2D eigenvalue weighted by Crippen LogP contribution is -2.44. The maximum atomic E-state index is 12.0. The molecule has 0 spiro atoms. The number of carbonyl (C=O) groups excluding carboxylic acids is 2. The average Bonchev–Trinajstić information content (AvgIpc) is 2.83. The molecular weight excluding hydrogens is 258 g/mol. The number of carboxylic acids is 1. The minimum atomic E-state index is -0.991. The van der Waals surface area contributed by atoms with E-state index in [4.69, 9.17) is 5.11 Å². The maximum absolute atomic E-state index is 12.0. The summed E-state index contributed by atoms with van der Waals surface area (Å²) < 4.78 is 4.47. The molecule has 0 aromatic rings. The zero-order valence-corrected chi connectivity index (χ0v) is 11.1. The molecule has 1 saturated heterocycles. The number of carboxylic acid groups (broad SMARTS) is 1. The molecule has 1 aliphatic rings. The molecule has 1 amide bonds. The Morgan fingerprint density at radius 1 is 1.50 bits per heavy atom. The van der Waals surface area contributed by atoms with Gasteiger partial charge in [-0.05, 0) is 19.3 Å². The molecule has 0 aliphatic carbocycles. The number of ether oxygens (including phenoxy) is 1. The summed E-state index contributed by atoms with van der Waals surface area (Å²) in [7, 11) is 1.28. The van der Waals surface area contributed by atoms with Crippen molar-refractivity contribution in [1.29, 1.82) is 0 Å². The second-order valence-electron chi connectivity index (χ2n) is 4.16. The summed E-state index contributed by atoms with van der Waals surface area (Å²) in [5, 5.41) is 8.31. The van der Waals surface area contributed by atoms with Crippen molar-refractivity contribution in [3.8, 4) is 0 Å². The third-order valence-corrected chi connectivity index (χ3v) is 3.43. The molecule has 1 rings (SSSR count). The number of aliphatic carboxylic acids is 1. The predicted octanol–water partition coefficient (Wildman–Crippen LogP) is 0.314. The van der Waals surface area contributed by atoms with E-state index in [0.717, 1.165) is 0 Å². The van der Waals surface area contributed by atoms with E-state index in [2.05, 4.69) is 17.4 Å². The molecule has 1 N–H and O–H groups in total. The standard InChI is InChI=1S/C11H17NO5S/c1-17-9(13)5-4-8(18)10(14)12-6-2-3-7(12)11(15)16/h7-8,18H,2-6H2,1H3,(H,15,16)/t7-,8?/m0/s1. The number of rotatable bonds is 5. The van der Waals surface area contributed by atoms with E-state index in [-0.39, 0.29) is 18.7 Å². The normalized spacial score (nSPS) is 20.6. The van der Waals surface area contributed by atoms with Gasteiger partial charge in [-0.25, -0.2) is 4.79 Å². The fraction of sp³-hybridized carbons (Fsp3) is 0.727. The van der Waals surface area contributed by atoms with Gasteiger partial charge in [-0.3, -0.25) is 9.59 Å². The number of thiol groups is 1. The molecule has 1 aliphatic heterocycles. The van der Waals surface area contributed by atoms with Crippen LogP contribution in [0.1, 0.15) is 25.7 Å². The number of hydrogen-bond acceptors (Lipinski definition) is 5. The van der Waals surface area contributed by atoms with E-state index in [0.29, 0.717) is 19.4 Å². The highest BCUT2D eigenvalue weighted by atomic mass is 32.1. The van der Waals surface area contributed by atoms with Gasteiger partial charge in [0.2, 0.25) is 5.91 Å². The Morgan fingerprint density at radius 3 is 2.72 bits per heavy atom. The van der Waals surface area contributed by atoms with Crippen molar-refractivity contribution < 1.29 is 24.2 Å². The molecule has 7 heteroatoms. The van der Waals surface area contributed by atoms with Crippen LogP contribution in [0, 0.1) is 0 Å². The lowest BCUT2D eigenvalue weighted by molar-refractivity contribution is -0.148. The number of methoxy groups -OCH3 is 1. The fourth-order valence-electron chi connectivity index (χ4n) is 1.96. The second-order valence-corrected chi connectivity index (χ2v) is 4.78. The van der Waals surface area contributed by atoms with E-state index in [1.165, 1.54) is 12.0 Å². The Balaban J connectivity index is 2.52. The van der Waals surface area contributed by atoms with E-state index in [9.17, 15) is 14.4 Å². The molecule has 0 saturated carbocycles. The molecule has 0 aromatic carbocycles. The molecule has 1 unspecified atom stereocenters. The lowest BCUT2D eigenvalue weighted by atomic mass is 10.2. The zero-order chi connectivity index (χ0) is 13.7. The van der Waals surface area contributed by atoms with Crippen LogP contribution < -0.4 is 0 Å². The molecule has 6 nitrogen and oxygen atoms in total. The summed E-state index contributed by atoms with van der Waals surface area (Å²) in [6.45, 7) is 0.436. The topological polar surface area (TPSA) is 83.9 Å². The van der Waals surface area contributed by atoms with Crippen LogP contribution in [0.2, 0.25) is 0 Å². The lowest BCUT2D eigenvalue weighted by Gasteiger charge is -2.24. The van der Waals surface area contributed by atoms with Crippen molar-refractivity contribution in [3.05, 3.63) is 0 Å². The highest BCUT2D eigenvalue weighted by Crippen LogP contribution is 2.21. The predicted molar refractivity (Wildman–Crippen MR) is 66.4 cm³/mol. The Hall–Kier alpha value is -1.24. The Bertz CT molecular complexity index is 346.